The zero-order valence-electron chi connectivity index (χ0n) is 11.9. The maximum Gasteiger partial charge on any atom is 0.225 e. The van der Waals surface area contributed by atoms with Crippen LogP contribution in [0, 0.1) is 11.7 Å². The van der Waals surface area contributed by atoms with Crippen molar-refractivity contribution in [1.29, 1.82) is 0 Å². The second-order valence-electron chi connectivity index (χ2n) is 5.94. The molecule has 1 saturated carbocycles. The van der Waals surface area contributed by atoms with Crippen LogP contribution < -0.4 is 5.32 Å². The topological polar surface area (TPSA) is 49.3 Å². The fraction of sp³-hybridized carbons (Fsp3) is 0.562. The van der Waals surface area contributed by atoms with Gasteiger partial charge in [0, 0.05) is 0 Å². The zero-order chi connectivity index (χ0) is 14.6. The third-order valence-corrected chi connectivity index (χ3v) is 4.25. The van der Waals surface area contributed by atoms with E-state index in [1.54, 1.807) is 18.2 Å². The quantitative estimate of drug-likeness (QED) is 0.889. The zero-order valence-corrected chi connectivity index (χ0v) is 11.9. The molecule has 1 fully saturated rings. The van der Waals surface area contributed by atoms with E-state index in [-0.39, 0.29) is 24.8 Å². The minimum atomic E-state index is -0.519. The van der Waals surface area contributed by atoms with Crippen LogP contribution in [0.3, 0.4) is 0 Å². The summed E-state index contributed by atoms with van der Waals surface area (Å²) in [4.78, 5) is 12.1. The van der Waals surface area contributed by atoms with Crippen molar-refractivity contribution in [3.63, 3.8) is 0 Å². The second-order valence-corrected chi connectivity index (χ2v) is 5.94. The first-order valence-electron chi connectivity index (χ1n) is 7.20. The second kappa shape index (κ2) is 6.35. The van der Waals surface area contributed by atoms with Crippen molar-refractivity contribution in [3.05, 3.63) is 35.6 Å². The maximum absolute atomic E-state index is 13.5. The molecule has 1 aromatic carbocycles. The molecular weight excluding hydrogens is 257 g/mol. The highest BCUT2D eigenvalue weighted by atomic mass is 19.1. The third-order valence-electron chi connectivity index (χ3n) is 4.25. The van der Waals surface area contributed by atoms with Crippen LogP contribution in [-0.2, 0) is 11.2 Å². The maximum atomic E-state index is 13.5. The number of aliphatic hydroxyl groups is 1. The van der Waals surface area contributed by atoms with Gasteiger partial charge in [-0.1, -0.05) is 25.1 Å². The van der Waals surface area contributed by atoms with Crippen molar-refractivity contribution in [1.82, 2.24) is 5.32 Å². The highest BCUT2D eigenvalue weighted by molar-refractivity contribution is 5.79. The van der Waals surface area contributed by atoms with Gasteiger partial charge in [0.25, 0.3) is 0 Å². The van der Waals surface area contributed by atoms with Gasteiger partial charge in [-0.05, 0) is 43.2 Å². The molecule has 0 radical (unpaired) electrons. The van der Waals surface area contributed by atoms with Gasteiger partial charge in [-0.3, -0.25) is 4.79 Å². The van der Waals surface area contributed by atoms with E-state index in [0.717, 1.165) is 25.7 Å². The summed E-state index contributed by atoms with van der Waals surface area (Å²) in [5, 5.41) is 12.5. The number of hydrogen-bond donors (Lipinski definition) is 2. The van der Waals surface area contributed by atoms with Crippen molar-refractivity contribution in [2.45, 2.75) is 44.6 Å². The van der Waals surface area contributed by atoms with Crippen molar-refractivity contribution in [3.8, 4) is 0 Å². The first kappa shape index (κ1) is 15.0. The first-order valence-corrected chi connectivity index (χ1v) is 7.20. The van der Waals surface area contributed by atoms with Crippen LogP contribution in [0.25, 0.3) is 0 Å². The largest absolute Gasteiger partial charge is 0.394 e. The predicted molar refractivity (Wildman–Crippen MR) is 75.7 cm³/mol. The van der Waals surface area contributed by atoms with Gasteiger partial charge in [0.15, 0.2) is 0 Å². The van der Waals surface area contributed by atoms with E-state index < -0.39 is 5.54 Å². The van der Waals surface area contributed by atoms with Crippen LogP contribution >= 0.6 is 0 Å². The first-order chi connectivity index (χ1) is 9.54. The van der Waals surface area contributed by atoms with Gasteiger partial charge >= 0.3 is 0 Å². The number of rotatable bonds is 4. The Balaban J connectivity index is 1.98. The van der Waals surface area contributed by atoms with E-state index in [4.69, 9.17) is 0 Å². The summed E-state index contributed by atoms with van der Waals surface area (Å²) in [6.45, 7) is 2.13. The molecule has 0 atom stereocenters. The smallest absolute Gasteiger partial charge is 0.225 e. The summed E-state index contributed by atoms with van der Waals surface area (Å²) in [5.41, 5.74) is -0.128. The Labute approximate surface area is 119 Å². The number of aliphatic hydroxyl groups excluding tert-OH is 1. The highest BCUT2D eigenvalue weighted by Gasteiger charge is 2.34. The lowest BCUT2D eigenvalue weighted by Gasteiger charge is -2.38. The number of carbonyl (C=O) groups is 1. The van der Waals surface area contributed by atoms with E-state index in [2.05, 4.69) is 12.2 Å². The molecule has 4 heteroatoms. The van der Waals surface area contributed by atoms with Crippen molar-refractivity contribution in [2.75, 3.05) is 6.61 Å². The molecule has 3 nitrogen and oxygen atoms in total. The van der Waals surface area contributed by atoms with Crippen LogP contribution in [0.4, 0.5) is 4.39 Å². The van der Waals surface area contributed by atoms with Crippen LogP contribution in [0.1, 0.15) is 38.2 Å². The van der Waals surface area contributed by atoms with Gasteiger partial charge in [-0.25, -0.2) is 4.39 Å². The van der Waals surface area contributed by atoms with Gasteiger partial charge in [0.1, 0.15) is 5.82 Å². The van der Waals surface area contributed by atoms with E-state index in [1.807, 2.05) is 0 Å². The van der Waals surface area contributed by atoms with E-state index in [9.17, 15) is 14.3 Å². The standard InChI is InChI=1S/C16H22FNO2/c1-12-6-8-16(11-19,9-7-12)18-15(20)10-13-4-2-3-5-14(13)17/h2-5,12,19H,6-11H2,1H3,(H,18,20). The Morgan fingerprint density at radius 2 is 2.05 bits per heavy atom. The number of amides is 1. The van der Waals surface area contributed by atoms with Crippen LogP contribution in [0.5, 0.6) is 0 Å². The van der Waals surface area contributed by atoms with E-state index in [1.165, 1.54) is 6.07 Å². The molecule has 1 aliphatic carbocycles. The number of benzene rings is 1. The molecular formula is C16H22FNO2. The highest BCUT2D eigenvalue weighted by Crippen LogP contribution is 2.31. The Hall–Kier alpha value is -1.42. The predicted octanol–water partition coefficient (Wildman–Crippen LogP) is 2.43. The Morgan fingerprint density at radius 3 is 2.65 bits per heavy atom. The van der Waals surface area contributed by atoms with Crippen LogP contribution in [0.15, 0.2) is 24.3 Å². The Kier molecular flexibility index (Phi) is 4.76. The van der Waals surface area contributed by atoms with Gasteiger partial charge in [0.2, 0.25) is 5.91 Å². The Bertz CT molecular complexity index is 467. The van der Waals surface area contributed by atoms with E-state index >= 15 is 0 Å². The van der Waals surface area contributed by atoms with Crippen LogP contribution in [0.2, 0.25) is 0 Å². The molecule has 0 aliphatic heterocycles. The molecule has 0 unspecified atom stereocenters. The lowest BCUT2D eigenvalue weighted by Crippen LogP contribution is -2.53. The number of nitrogens with one attached hydrogen (secondary N) is 1. The lowest BCUT2D eigenvalue weighted by atomic mass is 9.77. The monoisotopic (exact) mass is 279 g/mol. The van der Waals surface area contributed by atoms with Gasteiger partial charge in [-0.15, -0.1) is 0 Å². The molecule has 0 saturated heterocycles. The number of hydrogen-bond acceptors (Lipinski definition) is 2. The molecule has 2 rings (SSSR count). The number of carbonyl (C=O) groups excluding carboxylic acids is 1. The SMILES string of the molecule is CC1CCC(CO)(NC(=O)Cc2ccccc2F)CC1. The van der Waals surface area contributed by atoms with Gasteiger partial charge < -0.3 is 10.4 Å². The van der Waals surface area contributed by atoms with Gasteiger partial charge in [-0.2, -0.15) is 0 Å². The fourth-order valence-electron chi connectivity index (χ4n) is 2.79. The van der Waals surface area contributed by atoms with Crippen molar-refractivity contribution >= 4 is 5.91 Å². The van der Waals surface area contributed by atoms with Crippen LogP contribution in [-0.4, -0.2) is 23.2 Å². The molecule has 0 bridgehead atoms. The Morgan fingerprint density at radius 1 is 1.40 bits per heavy atom. The molecule has 110 valence electrons. The molecule has 1 aromatic rings. The summed E-state index contributed by atoms with van der Waals surface area (Å²) in [6.07, 6.45) is 3.59. The van der Waals surface area contributed by atoms with Crippen molar-refractivity contribution in [2.24, 2.45) is 5.92 Å². The van der Waals surface area contributed by atoms with Gasteiger partial charge in [0.05, 0.1) is 18.6 Å². The van der Waals surface area contributed by atoms with Crippen molar-refractivity contribution < 1.29 is 14.3 Å². The molecule has 1 aliphatic rings. The van der Waals surface area contributed by atoms with E-state index in [0.29, 0.717) is 11.5 Å². The number of halogens is 1. The lowest BCUT2D eigenvalue weighted by molar-refractivity contribution is -0.123. The molecule has 0 heterocycles. The summed E-state index contributed by atoms with van der Waals surface area (Å²) >= 11 is 0. The molecule has 0 aromatic heterocycles. The average Bonchev–Trinajstić information content (AvgIpc) is 2.44. The molecule has 0 spiro atoms. The third kappa shape index (κ3) is 3.57. The normalized spacial score (nSPS) is 26.2. The summed E-state index contributed by atoms with van der Waals surface area (Å²) < 4.78 is 13.5. The molecule has 2 N–H and O–H groups in total. The summed E-state index contributed by atoms with van der Waals surface area (Å²) in [7, 11) is 0. The molecule has 20 heavy (non-hydrogen) atoms. The minimum Gasteiger partial charge on any atom is -0.394 e. The summed E-state index contributed by atoms with van der Waals surface area (Å²) in [5.74, 6) is 0.0508. The fourth-order valence-corrected chi connectivity index (χ4v) is 2.79. The molecule has 1 amide bonds. The minimum absolute atomic E-state index is 0.0178. The average molecular weight is 279 g/mol. The summed E-state index contributed by atoms with van der Waals surface area (Å²) in [6, 6.07) is 6.29.